The van der Waals surface area contributed by atoms with Crippen LogP contribution in [0.15, 0.2) is 120 Å². The Kier molecular flexibility index (Phi) is 4.24. The van der Waals surface area contributed by atoms with Crippen LogP contribution in [0.4, 0.5) is 5.69 Å². The maximum absolute atomic E-state index is 7.23. The molecule has 0 N–H and O–H groups in total. The third-order valence-electron chi connectivity index (χ3n) is 6.90. The molecule has 0 spiro atoms. The van der Waals surface area contributed by atoms with Crippen LogP contribution in [-0.2, 0) is 0 Å². The number of nitrogens with zero attached hydrogens (tertiary/aromatic N) is 1. The van der Waals surface area contributed by atoms with Crippen molar-refractivity contribution in [2.45, 2.75) is 0 Å². The minimum Gasteiger partial charge on any atom is -0.455 e. The number of furan rings is 1. The summed E-state index contributed by atoms with van der Waals surface area (Å²) in [4.78, 5) is 3.52. The maximum Gasteiger partial charge on any atom is 0.187 e. The molecule has 1 heterocycles. The molecule has 2 heteroatoms. The summed E-state index contributed by atoms with van der Waals surface area (Å²) in [6.45, 7) is 7.23. The fourth-order valence-electron chi connectivity index (χ4n) is 5.19. The molecule has 0 saturated heterocycles. The van der Waals surface area contributed by atoms with E-state index in [2.05, 4.69) is 95.8 Å². The van der Waals surface area contributed by atoms with Crippen molar-refractivity contribution in [3.05, 3.63) is 127 Å². The quantitative estimate of drug-likeness (QED) is 0.242. The summed E-state index contributed by atoms with van der Waals surface area (Å²) in [5, 5.41) is 7.00. The Balaban J connectivity index is 1.44. The van der Waals surface area contributed by atoms with Crippen molar-refractivity contribution in [3.63, 3.8) is 0 Å². The topological polar surface area (TPSA) is 17.5 Å². The lowest BCUT2D eigenvalue weighted by atomic mass is 9.91. The Bertz CT molecular complexity index is 1950. The number of fused-ring (bicyclic) bond motifs is 6. The van der Waals surface area contributed by atoms with Crippen molar-refractivity contribution in [2.24, 2.45) is 0 Å². The average molecular weight is 446 g/mol. The van der Waals surface area contributed by atoms with E-state index in [1.54, 1.807) is 0 Å². The first kappa shape index (κ1) is 19.6. The van der Waals surface area contributed by atoms with Crippen LogP contribution in [0, 0.1) is 6.57 Å². The lowest BCUT2D eigenvalue weighted by Gasteiger charge is -2.12. The van der Waals surface area contributed by atoms with Crippen LogP contribution in [0.2, 0.25) is 0 Å². The van der Waals surface area contributed by atoms with E-state index in [0.717, 1.165) is 32.9 Å². The largest absolute Gasteiger partial charge is 0.455 e. The Morgan fingerprint density at radius 2 is 1.17 bits per heavy atom. The van der Waals surface area contributed by atoms with Crippen molar-refractivity contribution in [1.29, 1.82) is 0 Å². The van der Waals surface area contributed by atoms with Gasteiger partial charge in [0.15, 0.2) is 5.69 Å². The second-order valence-electron chi connectivity index (χ2n) is 8.84. The summed E-state index contributed by atoms with van der Waals surface area (Å²) in [6, 6.07) is 40.0. The summed E-state index contributed by atoms with van der Waals surface area (Å²) in [5.74, 6) is 0. The molecule has 0 amide bonds. The van der Waals surface area contributed by atoms with Gasteiger partial charge in [-0.1, -0.05) is 97.1 Å². The van der Waals surface area contributed by atoms with E-state index in [1.807, 2.05) is 24.3 Å². The molecule has 1 aromatic heterocycles. The first-order valence-electron chi connectivity index (χ1n) is 11.6. The SMILES string of the molecule is [C-]#[N+]c1ccc(-c2ccc(-c3ccc4oc5c6ccccc6ccc5c4c3)c3ccccc23)cc1. The zero-order valence-corrected chi connectivity index (χ0v) is 18.8. The normalized spacial score (nSPS) is 11.4. The highest BCUT2D eigenvalue weighted by molar-refractivity contribution is 6.16. The molecule has 0 aliphatic heterocycles. The van der Waals surface area contributed by atoms with Crippen LogP contribution < -0.4 is 0 Å². The lowest BCUT2D eigenvalue weighted by Crippen LogP contribution is -1.86. The molecule has 162 valence electrons. The zero-order valence-electron chi connectivity index (χ0n) is 18.8. The van der Waals surface area contributed by atoms with Gasteiger partial charge in [0.25, 0.3) is 0 Å². The molecule has 7 rings (SSSR count). The van der Waals surface area contributed by atoms with Gasteiger partial charge >= 0.3 is 0 Å². The molecule has 2 nitrogen and oxygen atoms in total. The molecule has 35 heavy (non-hydrogen) atoms. The fraction of sp³-hybridized carbons (Fsp3) is 0. The Morgan fingerprint density at radius 3 is 1.91 bits per heavy atom. The van der Waals surface area contributed by atoms with E-state index in [9.17, 15) is 0 Å². The average Bonchev–Trinajstić information content (AvgIpc) is 3.31. The first-order valence-corrected chi connectivity index (χ1v) is 11.6. The molecule has 0 atom stereocenters. The highest BCUT2D eigenvalue weighted by Gasteiger charge is 2.14. The standard InChI is InChI=1S/C33H19NO/c1-34-24-14-10-22(11-15-24)25-17-18-26(29-9-5-4-8-28(25)29)23-13-19-32-31(20-23)30-16-12-21-6-2-3-7-27(21)33(30)35-32/h2-20H. The monoisotopic (exact) mass is 445 g/mol. The number of rotatable bonds is 2. The second-order valence-corrected chi connectivity index (χ2v) is 8.84. The van der Waals surface area contributed by atoms with Crippen LogP contribution in [0.5, 0.6) is 0 Å². The van der Waals surface area contributed by atoms with Gasteiger partial charge < -0.3 is 4.42 Å². The van der Waals surface area contributed by atoms with Gasteiger partial charge in [0.1, 0.15) is 11.2 Å². The molecule has 7 aromatic rings. The van der Waals surface area contributed by atoms with Crippen LogP contribution in [0.25, 0.3) is 70.6 Å². The molecular formula is C33H19NO. The maximum atomic E-state index is 7.23. The predicted octanol–water partition coefficient (Wildman–Crippen LogP) is 9.78. The second kappa shape index (κ2) is 7.58. The van der Waals surface area contributed by atoms with E-state index in [4.69, 9.17) is 11.0 Å². The molecule has 0 saturated carbocycles. The first-order chi connectivity index (χ1) is 17.3. The zero-order chi connectivity index (χ0) is 23.4. The van der Waals surface area contributed by atoms with Gasteiger partial charge in [-0.05, 0) is 56.6 Å². The Labute approximate surface area is 202 Å². The van der Waals surface area contributed by atoms with Crippen molar-refractivity contribution >= 4 is 49.2 Å². The smallest absolute Gasteiger partial charge is 0.187 e. The summed E-state index contributed by atoms with van der Waals surface area (Å²) in [5.41, 5.74) is 7.14. The summed E-state index contributed by atoms with van der Waals surface area (Å²) in [7, 11) is 0. The van der Waals surface area contributed by atoms with Crippen molar-refractivity contribution in [1.82, 2.24) is 0 Å². The van der Waals surface area contributed by atoms with Gasteiger partial charge in [0, 0.05) is 16.2 Å². The van der Waals surface area contributed by atoms with E-state index >= 15 is 0 Å². The third-order valence-corrected chi connectivity index (χ3v) is 6.90. The molecular weight excluding hydrogens is 426 g/mol. The van der Waals surface area contributed by atoms with Gasteiger partial charge in [0.2, 0.25) is 0 Å². The highest BCUT2D eigenvalue weighted by Crippen LogP contribution is 2.39. The van der Waals surface area contributed by atoms with Crippen molar-refractivity contribution in [2.75, 3.05) is 0 Å². The van der Waals surface area contributed by atoms with E-state index < -0.39 is 0 Å². The van der Waals surface area contributed by atoms with E-state index in [1.165, 1.54) is 32.8 Å². The molecule has 0 fully saturated rings. The van der Waals surface area contributed by atoms with Crippen molar-refractivity contribution < 1.29 is 4.42 Å². The number of benzene rings is 6. The summed E-state index contributed by atoms with van der Waals surface area (Å²) >= 11 is 0. The Morgan fingerprint density at radius 1 is 0.514 bits per heavy atom. The van der Waals surface area contributed by atoms with Gasteiger partial charge in [-0.25, -0.2) is 4.85 Å². The van der Waals surface area contributed by atoms with Crippen LogP contribution in [-0.4, -0.2) is 0 Å². The molecule has 6 aromatic carbocycles. The minimum absolute atomic E-state index is 0.656. The number of hydrogen-bond donors (Lipinski definition) is 0. The van der Waals surface area contributed by atoms with Gasteiger partial charge in [-0.3, -0.25) is 0 Å². The Hall–Kier alpha value is -4.87. The number of hydrogen-bond acceptors (Lipinski definition) is 1. The van der Waals surface area contributed by atoms with Gasteiger partial charge in [-0.15, -0.1) is 0 Å². The van der Waals surface area contributed by atoms with Crippen LogP contribution >= 0.6 is 0 Å². The molecule has 0 unspecified atom stereocenters. The molecule has 0 radical (unpaired) electrons. The summed E-state index contributed by atoms with van der Waals surface area (Å²) in [6.07, 6.45) is 0. The highest BCUT2D eigenvalue weighted by atomic mass is 16.3. The van der Waals surface area contributed by atoms with Gasteiger partial charge in [0.05, 0.1) is 6.57 Å². The van der Waals surface area contributed by atoms with Crippen molar-refractivity contribution in [3.8, 4) is 22.3 Å². The van der Waals surface area contributed by atoms with Gasteiger partial charge in [-0.2, -0.15) is 0 Å². The lowest BCUT2D eigenvalue weighted by molar-refractivity contribution is 0.672. The van der Waals surface area contributed by atoms with E-state index in [0.29, 0.717) is 5.69 Å². The molecule has 0 bridgehead atoms. The van der Waals surface area contributed by atoms with Crippen LogP contribution in [0.1, 0.15) is 0 Å². The predicted molar refractivity (Wildman–Crippen MR) is 146 cm³/mol. The fourth-order valence-corrected chi connectivity index (χ4v) is 5.19. The van der Waals surface area contributed by atoms with E-state index in [-0.39, 0.29) is 0 Å². The molecule has 0 aliphatic carbocycles. The summed E-state index contributed by atoms with van der Waals surface area (Å²) < 4.78 is 6.32. The van der Waals surface area contributed by atoms with Crippen LogP contribution in [0.3, 0.4) is 0 Å². The minimum atomic E-state index is 0.656. The third kappa shape index (κ3) is 3.03. The molecule has 0 aliphatic rings.